The van der Waals surface area contributed by atoms with E-state index in [0.717, 1.165) is 11.8 Å². The number of hydrogen-bond acceptors (Lipinski definition) is 6. The summed E-state index contributed by atoms with van der Waals surface area (Å²) >= 11 is 0. The van der Waals surface area contributed by atoms with Gasteiger partial charge in [-0.05, 0) is 19.3 Å². The summed E-state index contributed by atoms with van der Waals surface area (Å²) in [5.41, 5.74) is -1.28. The molecule has 3 heterocycles. The zero-order valence-corrected chi connectivity index (χ0v) is 19.6. The average Bonchev–Trinajstić information content (AvgIpc) is 3.45. The number of anilines is 1. The number of aromatic nitrogens is 2. The van der Waals surface area contributed by atoms with Gasteiger partial charge in [0.1, 0.15) is 23.9 Å². The number of likely N-dealkylation sites (tertiary alicyclic amines) is 1. The van der Waals surface area contributed by atoms with Crippen LogP contribution in [0.15, 0.2) is 12.3 Å². The quantitative estimate of drug-likeness (QED) is 0.590. The first-order valence-corrected chi connectivity index (χ1v) is 10.9. The molecule has 1 saturated heterocycles. The van der Waals surface area contributed by atoms with Crippen molar-refractivity contribution in [1.29, 1.82) is 5.26 Å². The highest BCUT2D eigenvalue weighted by Gasteiger charge is 2.57. The number of nitriles is 1. The molecule has 4 amide bonds. The van der Waals surface area contributed by atoms with Crippen molar-refractivity contribution in [2.75, 3.05) is 18.9 Å². The lowest BCUT2D eigenvalue weighted by Gasteiger charge is -2.34. The van der Waals surface area contributed by atoms with E-state index < -0.39 is 53.5 Å². The fourth-order valence-electron chi connectivity index (χ4n) is 4.48. The molecular formula is C21H26F3N7O4. The predicted molar refractivity (Wildman–Crippen MR) is 114 cm³/mol. The smallest absolute Gasteiger partial charge is 0.337 e. The van der Waals surface area contributed by atoms with Crippen LogP contribution in [-0.2, 0) is 24.7 Å². The molecule has 35 heavy (non-hydrogen) atoms. The Morgan fingerprint density at radius 3 is 2.60 bits per heavy atom. The summed E-state index contributed by atoms with van der Waals surface area (Å²) in [6, 6.07) is -0.0736. The van der Waals surface area contributed by atoms with E-state index in [-0.39, 0.29) is 25.3 Å². The van der Waals surface area contributed by atoms with Crippen molar-refractivity contribution in [3.63, 3.8) is 0 Å². The van der Waals surface area contributed by atoms with Crippen molar-refractivity contribution in [3.05, 3.63) is 12.3 Å². The number of amides is 4. The third-order valence-corrected chi connectivity index (χ3v) is 6.25. The number of likely N-dealkylation sites (N-methyl/N-ethyl adjacent to an activating group) is 1. The molecule has 1 aromatic rings. The van der Waals surface area contributed by atoms with Crippen molar-refractivity contribution in [3.8, 4) is 6.07 Å². The van der Waals surface area contributed by atoms with Gasteiger partial charge < -0.3 is 20.4 Å². The summed E-state index contributed by atoms with van der Waals surface area (Å²) in [5, 5.41) is 18.2. The number of carbonyl (C=O) groups excluding carboxylic acids is 4. The lowest BCUT2D eigenvalue weighted by atomic mass is 9.96. The molecule has 2 aliphatic heterocycles. The fourth-order valence-corrected chi connectivity index (χ4v) is 4.48. The minimum absolute atomic E-state index is 0.0140. The third kappa shape index (κ3) is 4.67. The maximum Gasteiger partial charge on any atom is 0.471 e. The van der Waals surface area contributed by atoms with Gasteiger partial charge in [0, 0.05) is 19.5 Å². The van der Waals surface area contributed by atoms with Crippen molar-refractivity contribution in [2.24, 2.45) is 5.92 Å². The van der Waals surface area contributed by atoms with E-state index in [0.29, 0.717) is 5.82 Å². The Morgan fingerprint density at radius 1 is 1.37 bits per heavy atom. The van der Waals surface area contributed by atoms with Gasteiger partial charge in [-0.15, -0.1) is 0 Å². The summed E-state index contributed by atoms with van der Waals surface area (Å²) in [5.74, 6) is -3.89. The van der Waals surface area contributed by atoms with Crippen LogP contribution in [0.25, 0.3) is 0 Å². The first kappa shape index (κ1) is 26.0. The highest BCUT2D eigenvalue weighted by Crippen LogP contribution is 2.40. The normalized spacial score (nSPS) is 23.0. The molecular weight excluding hydrogens is 471 g/mol. The van der Waals surface area contributed by atoms with Gasteiger partial charge in [-0.3, -0.25) is 19.2 Å². The highest BCUT2D eigenvalue weighted by molar-refractivity contribution is 6.01. The molecule has 1 fully saturated rings. The van der Waals surface area contributed by atoms with Crippen molar-refractivity contribution in [1.82, 2.24) is 24.9 Å². The Hall–Kier alpha value is -3.63. The Kier molecular flexibility index (Phi) is 6.83. The zero-order chi connectivity index (χ0) is 26.3. The second kappa shape index (κ2) is 9.20. The standard InChI is InChI=1S/C21H26F3N7O4/c1-11(2)7-14(29(4)16(32)12(3)27-19(35)21(22,23)24)17(33)30-10-20(8-13(30)9-25)18(34)28-15-5-6-26-31(15)20/h5-6,11-14H,7-8,10H2,1-4H3,(H,27,35)(H,28,34)/t12?,13-,14-,20+/m0/s1. The van der Waals surface area contributed by atoms with Gasteiger partial charge in [-0.1, -0.05) is 13.8 Å². The third-order valence-electron chi connectivity index (χ3n) is 6.25. The van der Waals surface area contributed by atoms with Crippen molar-refractivity contribution < 1.29 is 32.3 Å². The molecule has 0 saturated carbocycles. The minimum atomic E-state index is -5.17. The van der Waals surface area contributed by atoms with Crippen LogP contribution in [0.5, 0.6) is 0 Å². The largest absolute Gasteiger partial charge is 0.471 e. The molecule has 0 radical (unpaired) electrons. The molecule has 1 unspecified atom stereocenters. The zero-order valence-electron chi connectivity index (χ0n) is 19.6. The second-order valence-electron chi connectivity index (χ2n) is 9.22. The fraction of sp³-hybridized carbons (Fsp3) is 0.619. The SMILES string of the molecule is CC(C)C[C@@H](C(=O)N1C[C@]2(C[C@H]1C#N)C(=O)Nc1ccnn12)N(C)C(=O)C(C)NC(=O)C(F)(F)F. The Balaban J connectivity index is 1.86. The van der Waals surface area contributed by atoms with Crippen LogP contribution in [-0.4, -0.2) is 81.1 Å². The molecule has 1 spiro atoms. The molecule has 0 aromatic carbocycles. The van der Waals surface area contributed by atoms with E-state index in [1.165, 1.54) is 22.8 Å². The Labute approximate surface area is 199 Å². The van der Waals surface area contributed by atoms with E-state index in [4.69, 9.17) is 0 Å². The molecule has 2 aliphatic rings. The van der Waals surface area contributed by atoms with Gasteiger partial charge >= 0.3 is 12.1 Å². The molecule has 1 aromatic heterocycles. The maximum atomic E-state index is 13.6. The highest BCUT2D eigenvalue weighted by atomic mass is 19.4. The van der Waals surface area contributed by atoms with Gasteiger partial charge in [0.2, 0.25) is 11.8 Å². The van der Waals surface area contributed by atoms with Gasteiger partial charge in [-0.2, -0.15) is 23.5 Å². The van der Waals surface area contributed by atoms with Gasteiger partial charge in [-0.25, -0.2) is 4.68 Å². The maximum absolute atomic E-state index is 13.6. The van der Waals surface area contributed by atoms with Crippen LogP contribution >= 0.6 is 0 Å². The summed E-state index contributed by atoms with van der Waals surface area (Å²) in [6.07, 6.45) is -3.56. The number of hydrogen-bond donors (Lipinski definition) is 2. The molecule has 0 bridgehead atoms. The lowest BCUT2D eigenvalue weighted by Crippen LogP contribution is -2.56. The Bertz CT molecular complexity index is 1080. The molecule has 3 rings (SSSR count). The number of halogens is 3. The lowest BCUT2D eigenvalue weighted by molar-refractivity contribution is -0.175. The number of carbonyl (C=O) groups is 4. The molecule has 190 valence electrons. The predicted octanol–water partition coefficient (Wildman–Crippen LogP) is 0.595. The van der Waals surface area contributed by atoms with Crippen LogP contribution in [0.4, 0.5) is 19.0 Å². The van der Waals surface area contributed by atoms with Crippen LogP contribution in [0.2, 0.25) is 0 Å². The number of fused-ring (bicyclic) bond motifs is 2. The van der Waals surface area contributed by atoms with Gasteiger partial charge in [0.05, 0.1) is 18.8 Å². The van der Waals surface area contributed by atoms with Gasteiger partial charge in [0.15, 0.2) is 5.54 Å². The van der Waals surface area contributed by atoms with Crippen LogP contribution < -0.4 is 10.6 Å². The van der Waals surface area contributed by atoms with Crippen LogP contribution in [0.3, 0.4) is 0 Å². The summed E-state index contributed by atoms with van der Waals surface area (Å²) < 4.78 is 39.3. The van der Waals surface area contributed by atoms with E-state index in [1.807, 2.05) is 6.07 Å². The second-order valence-corrected chi connectivity index (χ2v) is 9.22. The van der Waals surface area contributed by atoms with E-state index in [2.05, 4.69) is 10.4 Å². The molecule has 14 heteroatoms. The van der Waals surface area contributed by atoms with E-state index in [9.17, 15) is 37.6 Å². The van der Waals surface area contributed by atoms with E-state index >= 15 is 0 Å². The minimum Gasteiger partial charge on any atom is -0.337 e. The summed E-state index contributed by atoms with van der Waals surface area (Å²) in [7, 11) is 1.25. The molecule has 11 nitrogen and oxygen atoms in total. The Morgan fingerprint density at radius 2 is 2.03 bits per heavy atom. The number of nitrogens with zero attached hydrogens (tertiary/aromatic N) is 5. The number of alkyl halides is 3. The van der Waals surface area contributed by atoms with Crippen molar-refractivity contribution >= 4 is 29.4 Å². The van der Waals surface area contributed by atoms with E-state index in [1.54, 1.807) is 25.2 Å². The molecule has 2 N–H and O–H groups in total. The molecule has 0 aliphatic carbocycles. The summed E-state index contributed by atoms with van der Waals surface area (Å²) in [4.78, 5) is 52.8. The van der Waals surface area contributed by atoms with Crippen LogP contribution in [0.1, 0.15) is 33.6 Å². The van der Waals surface area contributed by atoms with Crippen LogP contribution in [0, 0.1) is 17.2 Å². The summed E-state index contributed by atoms with van der Waals surface area (Å²) in [6.45, 7) is 4.51. The van der Waals surface area contributed by atoms with Crippen molar-refractivity contribution in [2.45, 2.75) is 63.5 Å². The average molecular weight is 497 g/mol. The number of nitrogens with one attached hydrogen (secondary N) is 2. The number of rotatable bonds is 6. The monoisotopic (exact) mass is 497 g/mol. The first-order chi connectivity index (χ1) is 16.2. The molecule has 4 atom stereocenters. The first-order valence-electron chi connectivity index (χ1n) is 10.9. The van der Waals surface area contributed by atoms with Gasteiger partial charge in [0.25, 0.3) is 5.91 Å². The topological polar surface area (TPSA) is 140 Å².